The molecule has 0 radical (unpaired) electrons. The molecule has 2 aromatic carbocycles. The van der Waals surface area contributed by atoms with Crippen LogP contribution < -0.4 is 5.73 Å². The van der Waals surface area contributed by atoms with Crippen molar-refractivity contribution in [1.82, 2.24) is 14.8 Å². The molecular weight excluding hydrogens is 360 g/mol. The Morgan fingerprint density at radius 2 is 1.56 bits per heavy atom. The number of aromatic nitrogens is 3. The van der Waals surface area contributed by atoms with Crippen LogP contribution in [0.15, 0.2) is 65.8 Å². The first-order valence-electron chi connectivity index (χ1n) is 9.00. The zero-order valence-corrected chi connectivity index (χ0v) is 16.1. The summed E-state index contributed by atoms with van der Waals surface area (Å²) in [6.45, 7) is 2.40. The van der Waals surface area contributed by atoms with Gasteiger partial charge in [-0.2, -0.15) is 0 Å². The molecule has 0 saturated carbocycles. The van der Waals surface area contributed by atoms with E-state index in [-0.39, 0.29) is 17.0 Å². The van der Waals surface area contributed by atoms with Crippen LogP contribution in [0.2, 0.25) is 0 Å². The third-order valence-electron chi connectivity index (χ3n) is 4.34. The van der Waals surface area contributed by atoms with E-state index in [0.717, 1.165) is 12.0 Å². The molecule has 0 bridgehead atoms. The van der Waals surface area contributed by atoms with Gasteiger partial charge in [0.2, 0.25) is 15.0 Å². The largest absolute Gasteiger partial charge is 0.321 e. The molecule has 1 heterocycles. The highest BCUT2D eigenvalue weighted by atomic mass is 32.2. The Morgan fingerprint density at radius 3 is 2.15 bits per heavy atom. The lowest BCUT2D eigenvalue weighted by Crippen LogP contribution is -2.20. The van der Waals surface area contributed by atoms with E-state index >= 15 is 0 Å². The third-order valence-corrected chi connectivity index (χ3v) is 5.91. The van der Waals surface area contributed by atoms with Crippen LogP contribution >= 0.6 is 0 Å². The van der Waals surface area contributed by atoms with Crippen molar-refractivity contribution in [3.05, 3.63) is 77.6 Å². The van der Waals surface area contributed by atoms with Crippen LogP contribution in [0.5, 0.6) is 0 Å². The number of nitrogens with zero attached hydrogens (tertiary/aromatic N) is 3. The van der Waals surface area contributed by atoms with E-state index in [1.54, 1.807) is 16.7 Å². The van der Waals surface area contributed by atoms with Crippen LogP contribution in [0, 0.1) is 0 Å². The molecule has 3 aromatic rings. The summed E-state index contributed by atoms with van der Waals surface area (Å²) in [4.78, 5) is 0. The quantitative estimate of drug-likeness (QED) is 0.644. The molecule has 1 atom stereocenters. The summed E-state index contributed by atoms with van der Waals surface area (Å²) in [5, 5.41) is 8.15. The SMILES string of the molecule is CCCC(N)c1nnc(S(=O)(=O)Cc2ccccc2)n1Cc1ccccc1. The third kappa shape index (κ3) is 4.61. The molecule has 7 heteroatoms. The maximum absolute atomic E-state index is 13.0. The second-order valence-electron chi connectivity index (χ2n) is 6.55. The fourth-order valence-corrected chi connectivity index (χ4v) is 4.44. The van der Waals surface area contributed by atoms with Crippen LogP contribution in [0.3, 0.4) is 0 Å². The normalized spacial score (nSPS) is 12.8. The highest BCUT2D eigenvalue weighted by molar-refractivity contribution is 7.90. The van der Waals surface area contributed by atoms with Crippen molar-refractivity contribution < 1.29 is 8.42 Å². The van der Waals surface area contributed by atoms with Gasteiger partial charge >= 0.3 is 0 Å². The minimum absolute atomic E-state index is 0.0308. The highest BCUT2D eigenvalue weighted by Gasteiger charge is 2.27. The number of nitrogens with two attached hydrogens (primary N) is 1. The van der Waals surface area contributed by atoms with E-state index < -0.39 is 9.84 Å². The predicted octanol–water partition coefficient (Wildman–Crippen LogP) is 3.10. The lowest BCUT2D eigenvalue weighted by molar-refractivity contribution is 0.537. The Bertz CT molecular complexity index is 970. The average molecular weight is 385 g/mol. The maximum atomic E-state index is 13.0. The van der Waals surface area contributed by atoms with Gasteiger partial charge in [-0.25, -0.2) is 8.42 Å². The first kappa shape index (κ1) is 19.3. The maximum Gasteiger partial charge on any atom is 0.250 e. The number of hydrogen-bond acceptors (Lipinski definition) is 5. The molecule has 1 aromatic heterocycles. The highest BCUT2D eigenvalue weighted by Crippen LogP contribution is 2.22. The van der Waals surface area contributed by atoms with Gasteiger partial charge in [-0.15, -0.1) is 10.2 Å². The van der Waals surface area contributed by atoms with Gasteiger partial charge < -0.3 is 5.73 Å². The van der Waals surface area contributed by atoms with Gasteiger partial charge in [-0.3, -0.25) is 4.57 Å². The zero-order valence-electron chi connectivity index (χ0n) is 15.3. The van der Waals surface area contributed by atoms with E-state index in [0.29, 0.717) is 24.4 Å². The molecule has 142 valence electrons. The minimum atomic E-state index is -3.66. The Hall–Kier alpha value is -2.51. The van der Waals surface area contributed by atoms with Crippen molar-refractivity contribution in [2.45, 2.75) is 43.3 Å². The van der Waals surface area contributed by atoms with Crippen LogP contribution in [-0.2, 0) is 22.1 Å². The van der Waals surface area contributed by atoms with Crippen LogP contribution in [0.4, 0.5) is 0 Å². The van der Waals surface area contributed by atoms with E-state index in [1.807, 2.05) is 55.5 Å². The molecule has 2 N–H and O–H groups in total. The van der Waals surface area contributed by atoms with Gasteiger partial charge in [0.15, 0.2) is 5.82 Å². The van der Waals surface area contributed by atoms with E-state index in [2.05, 4.69) is 10.2 Å². The van der Waals surface area contributed by atoms with Crippen molar-refractivity contribution in [3.8, 4) is 0 Å². The first-order chi connectivity index (χ1) is 13.0. The van der Waals surface area contributed by atoms with Crippen molar-refractivity contribution in [2.75, 3.05) is 0 Å². The number of rotatable bonds is 8. The lowest BCUT2D eigenvalue weighted by Gasteiger charge is -2.14. The smallest absolute Gasteiger partial charge is 0.250 e. The van der Waals surface area contributed by atoms with Gasteiger partial charge in [0, 0.05) is 0 Å². The van der Waals surface area contributed by atoms with Crippen molar-refractivity contribution in [1.29, 1.82) is 0 Å². The molecule has 0 aliphatic rings. The summed E-state index contributed by atoms with van der Waals surface area (Å²) in [5.74, 6) is 0.386. The fourth-order valence-electron chi connectivity index (χ4n) is 3.02. The first-order valence-corrected chi connectivity index (χ1v) is 10.7. The lowest BCUT2D eigenvalue weighted by atomic mass is 10.1. The van der Waals surface area contributed by atoms with Crippen molar-refractivity contribution >= 4 is 9.84 Å². The molecule has 0 saturated heterocycles. The van der Waals surface area contributed by atoms with Gasteiger partial charge in [0.05, 0.1) is 18.3 Å². The van der Waals surface area contributed by atoms with E-state index in [4.69, 9.17) is 5.73 Å². The Labute approximate surface area is 160 Å². The molecule has 0 fully saturated rings. The van der Waals surface area contributed by atoms with Crippen LogP contribution in [-0.4, -0.2) is 23.2 Å². The summed E-state index contributed by atoms with van der Waals surface area (Å²) in [6, 6.07) is 18.4. The standard InChI is InChI=1S/C20H24N4O2S/c1-2-9-18(21)19-22-23-20(24(19)14-16-10-5-3-6-11-16)27(25,26)15-17-12-7-4-8-13-17/h3-8,10-13,18H,2,9,14-15,21H2,1H3. The molecule has 3 rings (SSSR count). The molecule has 0 spiro atoms. The summed E-state index contributed by atoms with van der Waals surface area (Å²) in [6.07, 6.45) is 1.59. The fraction of sp³-hybridized carbons (Fsp3) is 0.300. The topological polar surface area (TPSA) is 90.9 Å². The summed E-state index contributed by atoms with van der Waals surface area (Å²) < 4.78 is 27.7. The van der Waals surface area contributed by atoms with Gasteiger partial charge in [-0.1, -0.05) is 74.0 Å². The molecule has 0 amide bonds. The predicted molar refractivity (Wildman–Crippen MR) is 105 cm³/mol. The number of sulfone groups is 1. The molecular formula is C20H24N4O2S. The van der Waals surface area contributed by atoms with E-state index in [9.17, 15) is 8.42 Å². The van der Waals surface area contributed by atoms with Crippen molar-refractivity contribution in [3.63, 3.8) is 0 Å². The van der Waals surface area contributed by atoms with Gasteiger partial charge in [0.1, 0.15) is 0 Å². The molecule has 0 aliphatic heterocycles. The zero-order chi connectivity index (χ0) is 19.3. The van der Waals surface area contributed by atoms with Crippen LogP contribution in [0.25, 0.3) is 0 Å². The molecule has 27 heavy (non-hydrogen) atoms. The van der Waals surface area contributed by atoms with Crippen LogP contribution in [0.1, 0.15) is 42.8 Å². The Morgan fingerprint density at radius 1 is 0.963 bits per heavy atom. The van der Waals surface area contributed by atoms with Gasteiger partial charge in [-0.05, 0) is 17.5 Å². The van der Waals surface area contributed by atoms with Gasteiger partial charge in [0.25, 0.3) is 0 Å². The molecule has 6 nitrogen and oxygen atoms in total. The minimum Gasteiger partial charge on any atom is -0.321 e. The second-order valence-corrected chi connectivity index (χ2v) is 8.44. The Balaban J connectivity index is 2.01. The Kier molecular flexibility index (Phi) is 6.03. The number of hydrogen-bond donors (Lipinski definition) is 1. The summed E-state index contributed by atoms with van der Waals surface area (Å²) >= 11 is 0. The second kappa shape index (κ2) is 8.45. The van der Waals surface area contributed by atoms with Crippen molar-refractivity contribution in [2.24, 2.45) is 5.73 Å². The monoisotopic (exact) mass is 384 g/mol. The van der Waals surface area contributed by atoms with E-state index in [1.165, 1.54) is 0 Å². The number of benzene rings is 2. The average Bonchev–Trinajstić information content (AvgIpc) is 3.08. The summed E-state index contributed by atoms with van der Waals surface area (Å²) in [5.41, 5.74) is 7.94. The summed E-state index contributed by atoms with van der Waals surface area (Å²) in [7, 11) is -3.66. The molecule has 0 aliphatic carbocycles. The molecule has 1 unspecified atom stereocenters.